The summed E-state index contributed by atoms with van der Waals surface area (Å²) < 4.78 is 40.8. The number of nitrogens with zero attached hydrogens (tertiary/aromatic N) is 3. The van der Waals surface area contributed by atoms with E-state index in [0.29, 0.717) is 18.2 Å². The largest absolute Gasteiger partial charge is 0.478 e. The third kappa shape index (κ3) is 8.46. The van der Waals surface area contributed by atoms with Gasteiger partial charge in [-0.2, -0.15) is 4.98 Å². The minimum Gasteiger partial charge on any atom is -0.478 e. The molecule has 45 heavy (non-hydrogen) atoms. The summed E-state index contributed by atoms with van der Waals surface area (Å²) in [5, 5.41) is 17.1. The number of carboxylic acids is 1. The van der Waals surface area contributed by atoms with Crippen molar-refractivity contribution in [2.24, 2.45) is 5.41 Å². The van der Waals surface area contributed by atoms with Crippen molar-refractivity contribution < 1.29 is 27.6 Å². The molecule has 0 radical (unpaired) electrons. The van der Waals surface area contributed by atoms with Crippen molar-refractivity contribution in [3.05, 3.63) is 82.7 Å². The van der Waals surface area contributed by atoms with E-state index in [9.17, 15) is 18.3 Å². The third-order valence-corrected chi connectivity index (χ3v) is 8.81. The fourth-order valence-corrected chi connectivity index (χ4v) is 6.20. The van der Waals surface area contributed by atoms with Crippen molar-refractivity contribution in [3.63, 3.8) is 0 Å². The van der Waals surface area contributed by atoms with E-state index in [1.165, 1.54) is 18.2 Å². The zero-order chi connectivity index (χ0) is 32.4. The van der Waals surface area contributed by atoms with E-state index in [0.717, 1.165) is 53.5 Å². The van der Waals surface area contributed by atoms with E-state index in [2.05, 4.69) is 45.9 Å². The van der Waals surface area contributed by atoms with Gasteiger partial charge >= 0.3 is 5.97 Å². The van der Waals surface area contributed by atoms with Gasteiger partial charge in [-0.1, -0.05) is 50.2 Å². The van der Waals surface area contributed by atoms with Gasteiger partial charge in [-0.3, -0.25) is 0 Å². The Morgan fingerprint density at radius 3 is 2.44 bits per heavy atom. The molecular weight excluding hydrogens is 594 g/mol. The average molecular weight is 634 g/mol. The fraction of sp³-hybridized carbons (Fsp3) is 0.394. The minimum absolute atomic E-state index is 0.0119. The Labute approximate surface area is 263 Å². The first-order valence-corrected chi connectivity index (χ1v) is 16.4. The van der Waals surface area contributed by atoms with Gasteiger partial charge in [-0.05, 0) is 67.9 Å². The maximum absolute atomic E-state index is 13.3. The number of aryl methyl sites for hydroxylation is 2. The van der Waals surface area contributed by atoms with Gasteiger partial charge in [0.25, 0.3) is 10.0 Å². The van der Waals surface area contributed by atoms with Gasteiger partial charge < -0.3 is 19.7 Å². The van der Waals surface area contributed by atoms with Crippen LogP contribution in [0.15, 0.2) is 64.0 Å². The van der Waals surface area contributed by atoms with Crippen LogP contribution in [-0.4, -0.2) is 47.3 Å². The summed E-state index contributed by atoms with van der Waals surface area (Å²) in [6.07, 6.45) is 3.08. The van der Waals surface area contributed by atoms with Gasteiger partial charge in [0, 0.05) is 29.7 Å². The lowest BCUT2D eigenvalue weighted by molar-refractivity contribution is 0.0696. The SMILES string of the molecule is Cc1cccc(C)c1-c1cc(OCC(CC(C)(C)C)NCc2cc(C3CC3)no2)nc(NS(=O)(=O)c2cccc(C(=O)O)c2)n1. The quantitative estimate of drug-likeness (QED) is 0.157. The van der Waals surface area contributed by atoms with Crippen LogP contribution >= 0.6 is 0 Å². The number of hydrogen-bond acceptors (Lipinski definition) is 9. The number of ether oxygens (including phenoxy) is 1. The molecule has 0 spiro atoms. The fourth-order valence-electron chi connectivity index (χ4n) is 5.21. The van der Waals surface area contributed by atoms with Crippen molar-refractivity contribution in [1.82, 2.24) is 20.4 Å². The Kier molecular flexibility index (Phi) is 9.26. The number of sulfonamides is 1. The number of carbonyl (C=O) groups is 1. The molecule has 1 aliphatic carbocycles. The number of anilines is 1. The van der Waals surface area contributed by atoms with Crippen LogP contribution in [0.2, 0.25) is 0 Å². The Hall–Kier alpha value is -4.29. The van der Waals surface area contributed by atoms with Crippen LogP contribution in [0.1, 0.15) is 78.9 Å². The normalized spacial score (nSPS) is 14.2. The first-order chi connectivity index (χ1) is 21.3. The Morgan fingerprint density at radius 2 is 1.78 bits per heavy atom. The van der Waals surface area contributed by atoms with Crippen molar-refractivity contribution in [3.8, 4) is 17.1 Å². The highest BCUT2D eigenvalue weighted by molar-refractivity contribution is 7.92. The van der Waals surface area contributed by atoms with Crippen molar-refractivity contribution >= 4 is 21.9 Å². The molecule has 2 aromatic heterocycles. The van der Waals surface area contributed by atoms with E-state index in [-0.39, 0.29) is 40.4 Å². The number of carboxylic acid groups (broad SMARTS) is 1. The monoisotopic (exact) mass is 633 g/mol. The Balaban J connectivity index is 1.42. The molecule has 2 heterocycles. The molecule has 0 amide bonds. The summed E-state index contributed by atoms with van der Waals surface area (Å²) in [6, 6.07) is 14.6. The van der Waals surface area contributed by atoms with Gasteiger partial charge in [0.2, 0.25) is 11.8 Å². The van der Waals surface area contributed by atoms with Crippen molar-refractivity contribution in [2.75, 3.05) is 11.3 Å². The van der Waals surface area contributed by atoms with Crippen LogP contribution in [0.5, 0.6) is 5.88 Å². The second-order valence-corrected chi connectivity index (χ2v) is 14.4. The van der Waals surface area contributed by atoms with E-state index in [1.807, 2.05) is 38.1 Å². The number of aromatic nitrogens is 3. The lowest BCUT2D eigenvalue weighted by atomic mass is 9.88. The predicted molar refractivity (Wildman–Crippen MR) is 170 cm³/mol. The minimum atomic E-state index is -4.22. The molecule has 2 aromatic carbocycles. The van der Waals surface area contributed by atoms with Gasteiger partial charge in [0.1, 0.15) is 6.61 Å². The van der Waals surface area contributed by atoms with Crippen LogP contribution in [0.25, 0.3) is 11.3 Å². The van der Waals surface area contributed by atoms with Crippen LogP contribution in [0.3, 0.4) is 0 Å². The molecule has 0 bridgehead atoms. The molecule has 4 aromatic rings. The first-order valence-electron chi connectivity index (χ1n) is 14.9. The first kappa shape index (κ1) is 32.1. The summed E-state index contributed by atoms with van der Waals surface area (Å²) in [5.41, 5.74) is 4.06. The van der Waals surface area contributed by atoms with E-state index >= 15 is 0 Å². The summed E-state index contributed by atoms with van der Waals surface area (Å²) in [7, 11) is -4.22. The molecule has 1 fully saturated rings. The molecule has 11 nitrogen and oxygen atoms in total. The van der Waals surface area contributed by atoms with E-state index in [4.69, 9.17) is 9.26 Å². The van der Waals surface area contributed by atoms with Gasteiger partial charge in [0.15, 0.2) is 5.76 Å². The van der Waals surface area contributed by atoms with Crippen molar-refractivity contribution in [1.29, 1.82) is 0 Å². The molecule has 0 saturated heterocycles. The van der Waals surface area contributed by atoms with Crippen LogP contribution in [-0.2, 0) is 16.6 Å². The summed E-state index contributed by atoms with van der Waals surface area (Å²) in [5.74, 6) is 0.0317. The zero-order valence-corrected chi connectivity index (χ0v) is 26.9. The standard InChI is InChI=1S/C33H39N5O6S/c1-20-8-6-9-21(2)30(20)28-16-29(36-32(35-28)38-45(41,42)26-11-7-10-23(14-26)31(39)40)43-19-24(17-33(3,4)5)34-18-25-15-27(37-44-25)22-12-13-22/h6-11,14-16,22,24,34H,12-13,17-19H2,1-5H3,(H,39,40)(H,35,36,38). The third-order valence-electron chi connectivity index (χ3n) is 7.49. The summed E-state index contributed by atoms with van der Waals surface area (Å²) in [6.45, 7) is 11.1. The van der Waals surface area contributed by atoms with E-state index in [1.54, 1.807) is 6.07 Å². The smallest absolute Gasteiger partial charge is 0.335 e. The van der Waals surface area contributed by atoms with Crippen LogP contribution < -0.4 is 14.8 Å². The molecule has 1 saturated carbocycles. The molecule has 5 rings (SSSR count). The molecule has 1 atom stereocenters. The molecule has 1 unspecified atom stereocenters. The van der Waals surface area contributed by atoms with E-state index < -0.39 is 16.0 Å². The Bertz CT molecular complexity index is 1770. The second kappa shape index (κ2) is 13.0. The van der Waals surface area contributed by atoms with Crippen molar-refractivity contribution in [2.45, 2.75) is 77.3 Å². The average Bonchev–Trinajstić information content (AvgIpc) is 3.71. The zero-order valence-electron chi connectivity index (χ0n) is 26.1. The van der Waals surface area contributed by atoms with Gasteiger partial charge in [0.05, 0.1) is 28.4 Å². The predicted octanol–water partition coefficient (Wildman–Crippen LogP) is 6.10. The maximum Gasteiger partial charge on any atom is 0.335 e. The molecule has 12 heteroatoms. The number of nitrogens with one attached hydrogen (secondary N) is 2. The van der Waals surface area contributed by atoms with Crippen LogP contribution in [0, 0.1) is 19.3 Å². The lowest BCUT2D eigenvalue weighted by Gasteiger charge is -2.26. The molecule has 0 aliphatic heterocycles. The topological polar surface area (TPSA) is 157 Å². The summed E-state index contributed by atoms with van der Waals surface area (Å²) >= 11 is 0. The van der Waals surface area contributed by atoms with Gasteiger partial charge in [-0.25, -0.2) is 22.9 Å². The highest BCUT2D eigenvalue weighted by Gasteiger charge is 2.27. The molecule has 1 aliphatic rings. The number of hydrogen-bond donors (Lipinski definition) is 3. The highest BCUT2D eigenvalue weighted by atomic mass is 32.2. The highest BCUT2D eigenvalue weighted by Crippen LogP contribution is 2.39. The van der Waals surface area contributed by atoms with Gasteiger partial charge in [-0.15, -0.1) is 0 Å². The lowest BCUT2D eigenvalue weighted by Crippen LogP contribution is -2.37. The maximum atomic E-state index is 13.3. The summed E-state index contributed by atoms with van der Waals surface area (Å²) in [4.78, 5) is 20.2. The molecule has 238 valence electrons. The second-order valence-electron chi connectivity index (χ2n) is 12.8. The molecular formula is C33H39N5O6S. The Morgan fingerprint density at radius 1 is 1.07 bits per heavy atom. The van der Waals surface area contributed by atoms with Crippen LogP contribution in [0.4, 0.5) is 5.95 Å². The number of aromatic carboxylic acids is 1. The molecule has 3 N–H and O–H groups in total. The number of benzene rings is 2. The number of rotatable bonds is 13.